The summed E-state index contributed by atoms with van der Waals surface area (Å²) in [4.78, 5) is 0. The molecule has 0 bridgehead atoms. The van der Waals surface area contributed by atoms with E-state index in [2.05, 4.69) is 5.32 Å². The standard InChI is InChI=1S/C10H11F2N3O2S/c11-8-4-7(6-13)5-9(12)10(8)15-2-1-3-18(14,16)17/h4-5,15H,1-3H2,(H2,14,16,17). The van der Waals surface area contributed by atoms with E-state index >= 15 is 0 Å². The van der Waals surface area contributed by atoms with Crippen LogP contribution in [0.1, 0.15) is 12.0 Å². The van der Waals surface area contributed by atoms with E-state index in [0.717, 1.165) is 12.1 Å². The van der Waals surface area contributed by atoms with Crippen molar-refractivity contribution in [3.8, 4) is 6.07 Å². The average molecular weight is 275 g/mol. The van der Waals surface area contributed by atoms with Crippen LogP contribution in [0.4, 0.5) is 14.5 Å². The summed E-state index contributed by atoms with van der Waals surface area (Å²) in [6.45, 7) is 0.0518. The van der Waals surface area contributed by atoms with Crippen LogP contribution in [0.25, 0.3) is 0 Å². The van der Waals surface area contributed by atoms with Crippen LogP contribution >= 0.6 is 0 Å². The Bertz CT molecular complexity index is 558. The minimum Gasteiger partial charge on any atom is -0.380 e. The highest BCUT2D eigenvalue weighted by atomic mass is 32.2. The van der Waals surface area contributed by atoms with Gasteiger partial charge in [-0.15, -0.1) is 0 Å². The lowest BCUT2D eigenvalue weighted by atomic mass is 10.2. The molecule has 0 saturated carbocycles. The lowest BCUT2D eigenvalue weighted by Crippen LogP contribution is -2.19. The minimum atomic E-state index is -3.58. The van der Waals surface area contributed by atoms with Gasteiger partial charge in [0.2, 0.25) is 10.0 Å². The van der Waals surface area contributed by atoms with Gasteiger partial charge in [-0.25, -0.2) is 22.3 Å². The normalized spacial score (nSPS) is 11.0. The molecule has 0 fully saturated rings. The number of halogens is 2. The molecule has 0 spiro atoms. The number of sulfonamides is 1. The molecule has 0 aliphatic heterocycles. The van der Waals surface area contributed by atoms with Crippen molar-refractivity contribution >= 4 is 15.7 Å². The van der Waals surface area contributed by atoms with Crippen LogP contribution in [0.3, 0.4) is 0 Å². The maximum atomic E-state index is 13.4. The summed E-state index contributed by atoms with van der Waals surface area (Å²) >= 11 is 0. The maximum absolute atomic E-state index is 13.4. The van der Waals surface area contributed by atoms with Gasteiger partial charge in [-0.05, 0) is 18.6 Å². The van der Waals surface area contributed by atoms with Crippen LogP contribution in [0.2, 0.25) is 0 Å². The SMILES string of the molecule is N#Cc1cc(F)c(NCCCS(N)(=O)=O)c(F)c1. The first kappa shape index (κ1) is 14.3. The topological polar surface area (TPSA) is 96.0 Å². The molecular weight excluding hydrogens is 264 g/mol. The molecule has 0 aliphatic rings. The molecule has 0 saturated heterocycles. The van der Waals surface area contributed by atoms with Crippen LogP contribution in [0.5, 0.6) is 0 Å². The van der Waals surface area contributed by atoms with Gasteiger partial charge >= 0.3 is 0 Å². The van der Waals surface area contributed by atoms with E-state index in [1.54, 1.807) is 6.07 Å². The molecule has 1 aromatic rings. The fourth-order valence-corrected chi connectivity index (χ4v) is 1.84. The number of rotatable bonds is 5. The maximum Gasteiger partial charge on any atom is 0.209 e. The third-order valence-electron chi connectivity index (χ3n) is 2.08. The third kappa shape index (κ3) is 4.27. The van der Waals surface area contributed by atoms with Crippen molar-refractivity contribution in [2.75, 3.05) is 17.6 Å². The monoisotopic (exact) mass is 275 g/mol. The number of nitrogens with one attached hydrogen (secondary N) is 1. The van der Waals surface area contributed by atoms with Gasteiger partial charge in [-0.1, -0.05) is 0 Å². The molecule has 1 rings (SSSR count). The van der Waals surface area contributed by atoms with E-state index in [9.17, 15) is 17.2 Å². The zero-order valence-corrected chi connectivity index (χ0v) is 10.1. The predicted octanol–water partition coefficient (Wildman–Crippen LogP) is 0.927. The minimum absolute atomic E-state index is 0.0518. The van der Waals surface area contributed by atoms with Crippen LogP contribution in [0.15, 0.2) is 12.1 Å². The Balaban J connectivity index is 2.66. The number of hydrogen-bond donors (Lipinski definition) is 2. The Labute approximate surface area is 103 Å². The van der Waals surface area contributed by atoms with E-state index in [0.29, 0.717) is 0 Å². The van der Waals surface area contributed by atoms with Crippen molar-refractivity contribution in [2.24, 2.45) is 5.14 Å². The van der Waals surface area contributed by atoms with Crippen LogP contribution < -0.4 is 10.5 Å². The zero-order chi connectivity index (χ0) is 13.8. The number of nitrogens with zero attached hydrogens (tertiary/aromatic N) is 1. The van der Waals surface area contributed by atoms with Crippen LogP contribution in [0, 0.1) is 23.0 Å². The molecule has 3 N–H and O–H groups in total. The highest BCUT2D eigenvalue weighted by Crippen LogP contribution is 2.20. The molecule has 0 aromatic heterocycles. The summed E-state index contributed by atoms with van der Waals surface area (Å²) in [7, 11) is -3.58. The fraction of sp³-hybridized carbons (Fsp3) is 0.300. The Morgan fingerprint density at radius 2 is 1.89 bits per heavy atom. The van der Waals surface area contributed by atoms with E-state index in [1.165, 1.54) is 0 Å². The number of benzene rings is 1. The van der Waals surface area contributed by atoms with Gasteiger partial charge in [-0.2, -0.15) is 5.26 Å². The molecule has 18 heavy (non-hydrogen) atoms. The highest BCUT2D eigenvalue weighted by Gasteiger charge is 2.11. The van der Waals surface area contributed by atoms with Gasteiger partial charge in [0.15, 0.2) is 11.6 Å². The van der Waals surface area contributed by atoms with Gasteiger partial charge in [-0.3, -0.25) is 0 Å². The molecule has 8 heteroatoms. The van der Waals surface area contributed by atoms with E-state index < -0.39 is 21.7 Å². The molecule has 0 unspecified atom stereocenters. The van der Waals surface area contributed by atoms with E-state index in [-0.39, 0.29) is 30.0 Å². The molecule has 1 aromatic carbocycles. The smallest absolute Gasteiger partial charge is 0.209 e. The van der Waals surface area contributed by atoms with Gasteiger partial charge < -0.3 is 5.32 Å². The Morgan fingerprint density at radius 1 is 1.33 bits per heavy atom. The average Bonchev–Trinajstić information content (AvgIpc) is 2.25. The van der Waals surface area contributed by atoms with Crippen LogP contribution in [-0.4, -0.2) is 20.7 Å². The first-order chi connectivity index (χ1) is 8.33. The molecule has 5 nitrogen and oxygen atoms in total. The molecule has 0 heterocycles. The first-order valence-corrected chi connectivity index (χ1v) is 6.68. The van der Waals surface area contributed by atoms with Crippen molar-refractivity contribution < 1.29 is 17.2 Å². The van der Waals surface area contributed by atoms with Gasteiger partial charge in [0, 0.05) is 6.54 Å². The van der Waals surface area contributed by atoms with Crippen molar-refractivity contribution in [1.29, 1.82) is 5.26 Å². The Morgan fingerprint density at radius 3 is 2.33 bits per heavy atom. The largest absolute Gasteiger partial charge is 0.380 e. The second-order valence-corrected chi connectivity index (χ2v) is 5.31. The predicted molar refractivity (Wildman–Crippen MR) is 62.2 cm³/mol. The van der Waals surface area contributed by atoms with E-state index in [1.807, 2.05) is 0 Å². The number of hydrogen-bond acceptors (Lipinski definition) is 4. The molecule has 0 aliphatic carbocycles. The summed E-state index contributed by atoms with van der Waals surface area (Å²) in [5, 5.41) is 15.7. The Hall–Kier alpha value is -1.72. The van der Waals surface area contributed by atoms with Crippen molar-refractivity contribution in [1.82, 2.24) is 0 Å². The van der Waals surface area contributed by atoms with Gasteiger partial charge in [0.05, 0.1) is 17.4 Å². The number of nitriles is 1. The molecule has 0 atom stereocenters. The second kappa shape index (κ2) is 5.75. The highest BCUT2D eigenvalue weighted by molar-refractivity contribution is 7.89. The van der Waals surface area contributed by atoms with Crippen molar-refractivity contribution in [3.05, 3.63) is 29.3 Å². The summed E-state index contributed by atoms with van der Waals surface area (Å²) in [5.41, 5.74) is -0.511. The zero-order valence-electron chi connectivity index (χ0n) is 9.28. The number of nitrogens with two attached hydrogens (primary N) is 1. The summed E-state index contributed by atoms with van der Waals surface area (Å²) < 4.78 is 48.0. The van der Waals surface area contributed by atoms with Crippen molar-refractivity contribution in [2.45, 2.75) is 6.42 Å². The molecule has 98 valence electrons. The number of primary sulfonamides is 1. The van der Waals surface area contributed by atoms with Crippen molar-refractivity contribution in [3.63, 3.8) is 0 Å². The fourth-order valence-electron chi connectivity index (χ4n) is 1.29. The summed E-state index contributed by atoms with van der Waals surface area (Å²) in [6.07, 6.45) is 0.123. The quantitative estimate of drug-likeness (QED) is 0.781. The van der Waals surface area contributed by atoms with Crippen LogP contribution in [-0.2, 0) is 10.0 Å². The molecule has 0 amide bonds. The van der Waals surface area contributed by atoms with Gasteiger partial charge in [0.1, 0.15) is 5.69 Å². The third-order valence-corrected chi connectivity index (χ3v) is 2.94. The number of anilines is 1. The molecular formula is C10H11F2N3O2S. The van der Waals surface area contributed by atoms with E-state index in [4.69, 9.17) is 10.4 Å². The summed E-state index contributed by atoms with van der Waals surface area (Å²) in [6, 6.07) is 3.41. The lowest BCUT2D eigenvalue weighted by molar-refractivity contribution is 0.586. The summed E-state index contributed by atoms with van der Waals surface area (Å²) in [5.74, 6) is -2.08. The van der Waals surface area contributed by atoms with Gasteiger partial charge in [0.25, 0.3) is 0 Å². The second-order valence-electron chi connectivity index (χ2n) is 3.57. The first-order valence-electron chi connectivity index (χ1n) is 4.97. The molecule has 0 radical (unpaired) electrons. The lowest BCUT2D eigenvalue weighted by Gasteiger charge is -2.08. The Kier molecular flexibility index (Phi) is 4.58.